The lowest BCUT2D eigenvalue weighted by Crippen LogP contribution is -2.45. The summed E-state index contributed by atoms with van der Waals surface area (Å²) in [5.74, 6) is 0.247. The van der Waals surface area contributed by atoms with Gasteiger partial charge in [0.2, 0.25) is 0 Å². The number of hydrogen-bond donors (Lipinski definition) is 0. The molecule has 5 nitrogen and oxygen atoms in total. The summed E-state index contributed by atoms with van der Waals surface area (Å²) in [6.07, 6.45) is 0. The van der Waals surface area contributed by atoms with Crippen LogP contribution in [0.3, 0.4) is 0 Å². The number of hydrogen-bond acceptors (Lipinski definition) is 4. The minimum absolute atomic E-state index is 0.0111. The van der Waals surface area contributed by atoms with Crippen molar-refractivity contribution < 1.29 is 23.0 Å². The number of halogens is 2. The molecule has 0 radical (unpaired) electrons. The van der Waals surface area contributed by atoms with Crippen LogP contribution in [0.5, 0.6) is 5.75 Å². The van der Waals surface area contributed by atoms with Gasteiger partial charge in [-0.25, -0.2) is 0 Å². The van der Waals surface area contributed by atoms with Crippen LogP contribution < -0.4 is 4.74 Å². The Kier molecular flexibility index (Phi) is 4.77. The fourth-order valence-electron chi connectivity index (χ4n) is 3.27. The minimum atomic E-state index is -2.87. The molecule has 3 rings (SSSR count). The van der Waals surface area contributed by atoms with E-state index in [0.29, 0.717) is 25.3 Å². The van der Waals surface area contributed by atoms with Crippen molar-refractivity contribution in [3.63, 3.8) is 0 Å². The van der Waals surface area contributed by atoms with Gasteiger partial charge >= 0.3 is 6.61 Å². The number of carbonyl (C=O) groups excluding carboxylic acids is 1. The van der Waals surface area contributed by atoms with Crippen LogP contribution in [0.2, 0.25) is 0 Å². The zero-order valence-corrected chi connectivity index (χ0v) is 13.0. The van der Waals surface area contributed by atoms with Gasteiger partial charge in [0.1, 0.15) is 5.75 Å². The van der Waals surface area contributed by atoms with E-state index in [1.807, 2.05) is 4.90 Å². The summed E-state index contributed by atoms with van der Waals surface area (Å²) >= 11 is 0. The molecule has 0 unspecified atom stereocenters. The highest BCUT2D eigenvalue weighted by Crippen LogP contribution is 2.22. The Morgan fingerprint density at radius 3 is 2.65 bits per heavy atom. The Balaban J connectivity index is 1.76. The van der Waals surface area contributed by atoms with Crippen molar-refractivity contribution in [1.82, 2.24) is 9.80 Å². The van der Waals surface area contributed by atoms with Crippen molar-refractivity contribution in [2.45, 2.75) is 12.7 Å². The van der Waals surface area contributed by atoms with Crippen LogP contribution >= 0.6 is 0 Å². The molecular weight excluding hydrogens is 306 g/mol. The highest BCUT2D eigenvalue weighted by molar-refractivity contribution is 5.94. The van der Waals surface area contributed by atoms with Crippen LogP contribution in [-0.4, -0.2) is 68.3 Å². The summed E-state index contributed by atoms with van der Waals surface area (Å²) in [4.78, 5) is 16.9. The molecule has 0 aliphatic carbocycles. The number of likely N-dealkylation sites (N-methyl/N-ethyl adjacent to an activating group) is 1. The van der Waals surface area contributed by atoms with E-state index < -0.39 is 6.61 Å². The lowest BCUT2D eigenvalue weighted by Gasteiger charge is -2.29. The number of amides is 1. The molecular formula is C16H20F2N2O3. The molecule has 1 aromatic carbocycles. The maximum absolute atomic E-state index is 12.8. The highest BCUT2D eigenvalue weighted by atomic mass is 19.3. The van der Waals surface area contributed by atoms with Gasteiger partial charge in [0.25, 0.3) is 5.91 Å². The van der Waals surface area contributed by atoms with Gasteiger partial charge < -0.3 is 19.3 Å². The van der Waals surface area contributed by atoms with Gasteiger partial charge in [-0.05, 0) is 31.3 Å². The quantitative estimate of drug-likeness (QED) is 0.848. The topological polar surface area (TPSA) is 42.0 Å². The molecule has 126 valence electrons. The predicted octanol–water partition coefficient (Wildman–Crippen LogP) is 1.69. The number of nitrogens with zero attached hydrogens (tertiary/aromatic N) is 2. The summed E-state index contributed by atoms with van der Waals surface area (Å²) in [6, 6.07) is 5.86. The Labute approximate surface area is 133 Å². The first-order chi connectivity index (χ1) is 11.0. The van der Waals surface area contributed by atoms with Crippen molar-refractivity contribution in [2.24, 2.45) is 5.92 Å². The predicted molar refractivity (Wildman–Crippen MR) is 79.7 cm³/mol. The number of carbonyl (C=O) groups is 1. The Morgan fingerprint density at radius 2 is 1.96 bits per heavy atom. The summed E-state index contributed by atoms with van der Waals surface area (Å²) in [5, 5.41) is 0. The van der Waals surface area contributed by atoms with E-state index >= 15 is 0 Å². The minimum Gasteiger partial charge on any atom is -0.435 e. The second kappa shape index (κ2) is 6.80. The molecule has 0 aromatic heterocycles. The molecule has 1 aromatic rings. The van der Waals surface area contributed by atoms with E-state index in [4.69, 9.17) is 4.74 Å². The van der Waals surface area contributed by atoms with Crippen molar-refractivity contribution in [2.75, 3.05) is 39.9 Å². The number of benzene rings is 1. The number of rotatable bonds is 3. The molecule has 0 N–H and O–H groups in total. The van der Waals surface area contributed by atoms with E-state index in [-0.39, 0.29) is 23.6 Å². The van der Waals surface area contributed by atoms with Crippen molar-refractivity contribution in [3.8, 4) is 5.75 Å². The average Bonchev–Trinajstić information content (AvgIpc) is 2.77. The van der Waals surface area contributed by atoms with Gasteiger partial charge in [0.05, 0.1) is 19.3 Å². The Hall–Kier alpha value is -1.73. The van der Waals surface area contributed by atoms with E-state index in [1.54, 1.807) is 0 Å². The van der Waals surface area contributed by atoms with E-state index in [2.05, 4.69) is 16.7 Å². The van der Waals surface area contributed by atoms with Crippen LogP contribution in [0.1, 0.15) is 10.4 Å². The summed E-state index contributed by atoms with van der Waals surface area (Å²) in [6.45, 7) is 0.652. The molecule has 2 aliphatic heterocycles. The molecule has 23 heavy (non-hydrogen) atoms. The zero-order chi connectivity index (χ0) is 16.4. The van der Waals surface area contributed by atoms with Gasteiger partial charge in [0, 0.05) is 31.1 Å². The molecule has 2 fully saturated rings. The number of ether oxygens (including phenoxy) is 2. The maximum Gasteiger partial charge on any atom is 0.387 e. The van der Waals surface area contributed by atoms with Crippen molar-refractivity contribution >= 4 is 5.91 Å². The second-order valence-electron chi connectivity index (χ2n) is 6.14. The fourth-order valence-corrected chi connectivity index (χ4v) is 3.27. The Bertz CT molecular complexity index is 553. The molecule has 2 atom stereocenters. The SMILES string of the molecule is CN1C[C@@H]2COC[C@H](C1)N(C(=O)c1ccc(OC(F)F)cc1)C2. The van der Waals surface area contributed by atoms with Gasteiger partial charge in [-0.3, -0.25) is 4.79 Å². The molecule has 2 aliphatic rings. The third-order valence-corrected chi connectivity index (χ3v) is 4.24. The summed E-state index contributed by atoms with van der Waals surface area (Å²) in [5.41, 5.74) is 0.474. The van der Waals surface area contributed by atoms with Crippen LogP contribution in [0, 0.1) is 5.92 Å². The molecule has 2 bridgehead atoms. The van der Waals surface area contributed by atoms with Crippen LogP contribution in [0.25, 0.3) is 0 Å². The van der Waals surface area contributed by atoms with E-state index in [0.717, 1.165) is 13.1 Å². The molecule has 0 spiro atoms. The third-order valence-electron chi connectivity index (χ3n) is 4.24. The van der Waals surface area contributed by atoms with Crippen molar-refractivity contribution in [1.29, 1.82) is 0 Å². The first kappa shape index (κ1) is 16.1. The van der Waals surface area contributed by atoms with Gasteiger partial charge in [-0.2, -0.15) is 8.78 Å². The average molecular weight is 326 g/mol. The lowest BCUT2D eigenvalue weighted by atomic mass is 10.1. The van der Waals surface area contributed by atoms with Gasteiger partial charge in [0.15, 0.2) is 0 Å². The number of alkyl halides is 2. The van der Waals surface area contributed by atoms with Gasteiger partial charge in [-0.15, -0.1) is 0 Å². The molecule has 2 heterocycles. The fraction of sp³-hybridized carbons (Fsp3) is 0.562. The molecule has 1 amide bonds. The molecule has 7 heteroatoms. The Morgan fingerprint density at radius 1 is 1.22 bits per heavy atom. The van der Waals surface area contributed by atoms with Gasteiger partial charge in [-0.1, -0.05) is 0 Å². The van der Waals surface area contributed by atoms with Crippen LogP contribution in [0.4, 0.5) is 8.78 Å². The monoisotopic (exact) mass is 326 g/mol. The first-order valence-electron chi connectivity index (χ1n) is 7.65. The van der Waals surface area contributed by atoms with Crippen LogP contribution in [-0.2, 0) is 4.74 Å². The molecule has 0 saturated carbocycles. The first-order valence-corrected chi connectivity index (χ1v) is 7.65. The third kappa shape index (κ3) is 3.79. The smallest absolute Gasteiger partial charge is 0.387 e. The summed E-state index contributed by atoms with van der Waals surface area (Å²) < 4.78 is 34.3. The van der Waals surface area contributed by atoms with E-state index in [9.17, 15) is 13.6 Å². The summed E-state index contributed by atoms with van der Waals surface area (Å²) in [7, 11) is 2.05. The highest BCUT2D eigenvalue weighted by Gasteiger charge is 2.35. The molecule has 2 saturated heterocycles. The van der Waals surface area contributed by atoms with Crippen LogP contribution in [0.15, 0.2) is 24.3 Å². The van der Waals surface area contributed by atoms with Crippen molar-refractivity contribution in [3.05, 3.63) is 29.8 Å². The standard InChI is InChI=1S/C16H20F2N2O3/c1-19-6-11-7-20(13(8-19)10-22-9-11)15(21)12-2-4-14(5-3-12)23-16(17)18/h2-5,11,13,16H,6-10H2,1H3/t11-,13-/m0/s1. The maximum atomic E-state index is 12.8. The normalized spacial score (nSPS) is 25.3. The largest absolute Gasteiger partial charge is 0.435 e. The lowest BCUT2D eigenvalue weighted by molar-refractivity contribution is -0.0498. The van der Waals surface area contributed by atoms with E-state index in [1.165, 1.54) is 24.3 Å². The number of fused-ring (bicyclic) bond motifs is 3. The zero-order valence-electron chi connectivity index (χ0n) is 13.0. The second-order valence-corrected chi connectivity index (χ2v) is 6.14.